The molecule has 1 aliphatic heterocycles. The van der Waals surface area contributed by atoms with Crippen molar-refractivity contribution in [1.82, 2.24) is 0 Å². The van der Waals surface area contributed by atoms with Gasteiger partial charge in [-0.1, -0.05) is 57.8 Å². The summed E-state index contributed by atoms with van der Waals surface area (Å²) in [7, 11) is -10.6. The lowest BCUT2D eigenvalue weighted by atomic mass is 9.97. The summed E-state index contributed by atoms with van der Waals surface area (Å²) in [5.41, 5.74) is 2.65. The van der Waals surface area contributed by atoms with Gasteiger partial charge in [0, 0.05) is 0 Å². The molecule has 0 amide bonds. The van der Waals surface area contributed by atoms with E-state index in [2.05, 4.69) is 32.7 Å². The third kappa shape index (κ3) is 5.13. The first kappa shape index (κ1) is 25.4. The zero-order valence-electron chi connectivity index (χ0n) is 20.0. The van der Waals surface area contributed by atoms with Crippen molar-refractivity contribution >= 4 is 62.1 Å². The summed E-state index contributed by atoms with van der Waals surface area (Å²) in [4.78, 5) is 0. The van der Waals surface area contributed by atoms with Crippen LogP contribution in [0.4, 0.5) is 0 Å². The molecule has 1 heterocycles. The maximum Gasteiger partial charge on any atom is 0.412 e. The van der Waals surface area contributed by atoms with Crippen LogP contribution in [0.15, 0.2) is 0 Å². The highest BCUT2D eigenvalue weighted by atomic mass is 29.3. The highest BCUT2D eigenvalue weighted by Gasteiger charge is 2.70. The van der Waals surface area contributed by atoms with Crippen molar-refractivity contribution in [3.8, 4) is 0 Å². The molecule has 6 nitrogen and oxygen atoms in total. The largest absolute Gasteiger partial charge is 0.418 e. The summed E-state index contributed by atoms with van der Waals surface area (Å²) < 4.78 is 39.2. The van der Waals surface area contributed by atoms with Gasteiger partial charge in [-0.2, -0.15) is 0 Å². The fraction of sp³-hybridized carbons (Fsp3) is 1.00. The van der Waals surface area contributed by atoms with Gasteiger partial charge in [-0.25, -0.2) is 0 Å². The molecule has 4 aliphatic rings. The molecule has 1 atom stereocenters. The van der Waals surface area contributed by atoms with E-state index in [0.717, 1.165) is 16.6 Å². The van der Waals surface area contributed by atoms with E-state index in [-0.39, 0.29) is 20.0 Å². The van der Waals surface area contributed by atoms with Crippen LogP contribution in [0.1, 0.15) is 57.8 Å². The Morgan fingerprint density at radius 2 is 1.26 bits per heavy atom. The highest BCUT2D eigenvalue weighted by Crippen LogP contribution is 2.65. The van der Waals surface area contributed by atoms with Crippen molar-refractivity contribution in [3.05, 3.63) is 0 Å². The van der Waals surface area contributed by atoms with Crippen LogP contribution in [0.25, 0.3) is 0 Å². The molecule has 1 unspecified atom stereocenters. The van der Waals surface area contributed by atoms with Gasteiger partial charge in [-0.05, 0) is 55.9 Å². The summed E-state index contributed by atoms with van der Waals surface area (Å²) >= 11 is 0. The van der Waals surface area contributed by atoms with Crippen molar-refractivity contribution in [2.24, 2.45) is 0 Å². The number of rotatable bonds is 4. The summed E-state index contributed by atoms with van der Waals surface area (Å²) in [5, 5.41) is 0. The van der Waals surface area contributed by atoms with Gasteiger partial charge in [0.15, 0.2) is 0 Å². The van der Waals surface area contributed by atoms with E-state index in [1.165, 1.54) is 57.8 Å². The Balaban J connectivity index is 1.70. The summed E-state index contributed by atoms with van der Waals surface area (Å²) in [5.74, 6) is 0. The molecule has 0 N–H and O–H groups in total. The minimum atomic E-state index is -2.52. The first-order valence-corrected chi connectivity index (χ1v) is 26.6. The van der Waals surface area contributed by atoms with Crippen LogP contribution in [0.3, 0.4) is 0 Å². The maximum atomic E-state index is 7.36. The Morgan fingerprint density at radius 1 is 0.742 bits per heavy atom. The predicted molar refractivity (Wildman–Crippen MR) is 135 cm³/mol. The third-order valence-electron chi connectivity index (χ3n) is 7.96. The van der Waals surface area contributed by atoms with Crippen LogP contribution in [-0.2, 0) is 24.7 Å². The van der Waals surface area contributed by atoms with Gasteiger partial charge < -0.3 is 24.7 Å². The van der Waals surface area contributed by atoms with Gasteiger partial charge in [0.25, 0.3) is 8.08 Å². The van der Waals surface area contributed by atoms with Crippen LogP contribution >= 0.6 is 0 Å². The summed E-state index contributed by atoms with van der Waals surface area (Å²) in [6.07, 6.45) is 12.6. The zero-order valence-corrected chi connectivity index (χ0v) is 27.0. The van der Waals surface area contributed by atoms with Crippen molar-refractivity contribution in [3.63, 3.8) is 0 Å². The van der Waals surface area contributed by atoms with E-state index >= 15 is 0 Å². The van der Waals surface area contributed by atoms with Crippen LogP contribution in [0.2, 0.25) is 55.9 Å². The van der Waals surface area contributed by atoms with Gasteiger partial charge in [-0.15, -0.1) is 0 Å². The average molecular weight is 548 g/mol. The molecule has 0 spiro atoms. The van der Waals surface area contributed by atoms with Crippen LogP contribution in [-0.4, -0.2) is 62.1 Å². The molecule has 13 heteroatoms. The molecule has 4 fully saturated rings. The first-order valence-electron chi connectivity index (χ1n) is 12.0. The molecule has 0 bridgehead atoms. The van der Waals surface area contributed by atoms with Gasteiger partial charge in [0.05, 0.1) is 0 Å². The molecule has 175 valence electrons. The minimum absolute atomic E-state index is 0.00632. The van der Waals surface area contributed by atoms with E-state index in [4.69, 9.17) is 24.7 Å². The quantitative estimate of drug-likeness (QED) is 0.464. The Hall–Kier alpha value is 1.28. The Labute approximate surface area is 200 Å². The number of hydrogen-bond acceptors (Lipinski definition) is 6. The second-order valence-corrected chi connectivity index (χ2v) is 34.2. The average Bonchev–Trinajstić information content (AvgIpc) is 2.45. The third-order valence-corrected chi connectivity index (χ3v) is 40.2. The molecule has 3 saturated carbocycles. The van der Waals surface area contributed by atoms with Crippen LogP contribution < -0.4 is 0 Å². The fourth-order valence-electron chi connectivity index (χ4n) is 6.63. The van der Waals surface area contributed by atoms with Crippen molar-refractivity contribution in [1.29, 1.82) is 0 Å². The van der Waals surface area contributed by atoms with E-state index in [1.807, 2.05) is 6.55 Å². The molecule has 5 radical (unpaired) electrons. The lowest BCUT2D eigenvalue weighted by Crippen LogP contribution is -2.77. The molecule has 0 aromatic rings. The molecule has 3 aliphatic carbocycles. The topological polar surface area (TPSA) is 55.4 Å². The molecule has 0 aromatic carbocycles. The molecular weight excluding hydrogens is 509 g/mol. The van der Waals surface area contributed by atoms with Gasteiger partial charge in [-0.3, -0.25) is 0 Å². The molecule has 31 heavy (non-hydrogen) atoms. The highest BCUT2D eigenvalue weighted by molar-refractivity contribution is 7.40. The summed E-state index contributed by atoms with van der Waals surface area (Å²) in [6, 6.07) is 0. The SMILES string of the molecule is C[Si]1O[Si]O[Si]O[Si](C)([Si](C2CCC2)(C2CCC2)C2CCC2)O[Si](C)(C)O[Si](C)(C)O1. The van der Waals surface area contributed by atoms with E-state index < -0.39 is 42.1 Å². The monoisotopic (exact) mass is 547 g/mol. The first-order chi connectivity index (χ1) is 14.6. The zero-order chi connectivity index (χ0) is 22.3. The Bertz CT molecular complexity index is 592. The second kappa shape index (κ2) is 9.73. The summed E-state index contributed by atoms with van der Waals surface area (Å²) in [6.45, 7) is 13.2. The molecule has 0 aromatic heterocycles. The van der Waals surface area contributed by atoms with E-state index in [9.17, 15) is 0 Å². The fourth-order valence-corrected chi connectivity index (χ4v) is 47.2. The molecular formula is C18H39O6Si7. The maximum absolute atomic E-state index is 7.36. The van der Waals surface area contributed by atoms with Crippen molar-refractivity contribution in [2.75, 3.05) is 0 Å². The van der Waals surface area contributed by atoms with Gasteiger partial charge >= 0.3 is 46.4 Å². The molecule has 4 rings (SSSR count). The Morgan fingerprint density at radius 3 is 1.71 bits per heavy atom. The number of hydrogen-bond donors (Lipinski definition) is 0. The smallest absolute Gasteiger partial charge is 0.412 e. The van der Waals surface area contributed by atoms with E-state index in [1.54, 1.807) is 0 Å². The molecule has 1 saturated heterocycles. The standard InChI is InChI=1S/C18H39O6Si7/c1-27-20-25-19-26-21-30(6,24-29(4,5)23-28(2,3)22-27)31(16-10-7-11-16,17-12-8-13-17)18-14-9-15-18/h16-18H,7-15H2,1-6H3. The van der Waals surface area contributed by atoms with Gasteiger partial charge in [0.1, 0.15) is 7.59 Å². The normalized spacial score (nSPS) is 34.6. The van der Waals surface area contributed by atoms with Gasteiger partial charge in [0.2, 0.25) is 0 Å². The second-order valence-electron chi connectivity index (χ2n) is 10.8. The van der Waals surface area contributed by atoms with E-state index in [0.29, 0.717) is 0 Å². The lowest BCUT2D eigenvalue weighted by molar-refractivity contribution is 0.273. The van der Waals surface area contributed by atoms with Crippen LogP contribution in [0, 0.1) is 0 Å². The predicted octanol–water partition coefficient (Wildman–Crippen LogP) is 4.95. The Kier molecular flexibility index (Phi) is 7.97. The minimum Gasteiger partial charge on any atom is -0.418 e. The van der Waals surface area contributed by atoms with Crippen LogP contribution in [0.5, 0.6) is 0 Å². The van der Waals surface area contributed by atoms with Crippen molar-refractivity contribution in [2.45, 2.75) is 114 Å². The lowest BCUT2D eigenvalue weighted by Gasteiger charge is -2.63. The van der Waals surface area contributed by atoms with Crippen molar-refractivity contribution < 1.29 is 24.7 Å².